The standard InChI is InChI=1S/C17H37N3O/c1-13(2)12-20(15(5)6)11-9-8-10-17(7,16(18)21)19-14(3)4/h13-15,19H,8-12H2,1-7H3,(H2,18,21). The maximum Gasteiger partial charge on any atom is 0.237 e. The van der Waals surface area contributed by atoms with Crippen molar-refractivity contribution in [3.63, 3.8) is 0 Å². The number of carbonyl (C=O) groups is 1. The summed E-state index contributed by atoms with van der Waals surface area (Å²) in [6.45, 7) is 17.2. The van der Waals surface area contributed by atoms with E-state index in [1.807, 2.05) is 20.8 Å². The van der Waals surface area contributed by atoms with E-state index >= 15 is 0 Å². The molecule has 0 saturated heterocycles. The Hall–Kier alpha value is -0.610. The SMILES string of the molecule is CC(C)CN(CCCCC(C)(NC(C)C)C(N)=O)C(C)C. The first-order valence-corrected chi connectivity index (χ1v) is 8.40. The van der Waals surface area contributed by atoms with Crippen LogP contribution in [0, 0.1) is 5.92 Å². The van der Waals surface area contributed by atoms with Gasteiger partial charge in [-0.1, -0.05) is 13.8 Å². The van der Waals surface area contributed by atoms with E-state index in [9.17, 15) is 4.79 Å². The summed E-state index contributed by atoms with van der Waals surface area (Å²) >= 11 is 0. The van der Waals surface area contributed by atoms with Gasteiger partial charge in [-0.3, -0.25) is 4.79 Å². The molecule has 21 heavy (non-hydrogen) atoms. The molecule has 1 unspecified atom stereocenters. The van der Waals surface area contributed by atoms with Gasteiger partial charge in [-0.2, -0.15) is 0 Å². The minimum absolute atomic E-state index is 0.251. The molecule has 4 nitrogen and oxygen atoms in total. The molecule has 0 spiro atoms. The molecule has 3 N–H and O–H groups in total. The first-order valence-electron chi connectivity index (χ1n) is 8.40. The summed E-state index contributed by atoms with van der Waals surface area (Å²) < 4.78 is 0. The van der Waals surface area contributed by atoms with Crippen LogP contribution in [0.5, 0.6) is 0 Å². The van der Waals surface area contributed by atoms with E-state index in [0.717, 1.165) is 32.4 Å². The van der Waals surface area contributed by atoms with E-state index in [4.69, 9.17) is 5.73 Å². The van der Waals surface area contributed by atoms with Gasteiger partial charge in [0, 0.05) is 18.6 Å². The molecule has 1 amide bonds. The van der Waals surface area contributed by atoms with Crippen molar-refractivity contribution in [2.24, 2.45) is 11.7 Å². The zero-order chi connectivity index (χ0) is 16.6. The van der Waals surface area contributed by atoms with Gasteiger partial charge < -0.3 is 16.0 Å². The summed E-state index contributed by atoms with van der Waals surface area (Å²) in [7, 11) is 0. The molecule has 0 bridgehead atoms. The van der Waals surface area contributed by atoms with E-state index in [-0.39, 0.29) is 11.9 Å². The van der Waals surface area contributed by atoms with Crippen molar-refractivity contribution >= 4 is 5.91 Å². The molecule has 0 radical (unpaired) electrons. The molecule has 0 aromatic rings. The van der Waals surface area contributed by atoms with E-state index in [1.54, 1.807) is 0 Å². The van der Waals surface area contributed by atoms with Crippen LogP contribution in [-0.4, -0.2) is 41.5 Å². The Morgan fingerprint density at radius 2 is 1.71 bits per heavy atom. The maximum atomic E-state index is 11.7. The third-order valence-corrected chi connectivity index (χ3v) is 3.85. The molecule has 0 saturated carbocycles. The van der Waals surface area contributed by atoms with Gasteiger partial charge in [-0.05, 0) is 66.3 Å². The number of carbonyl (C=O) groups excluding carboxylic acids is 1. The second kappa shape index (κ2) is 9.42. The summed E-state index contributed by atoms with van der Waals surface area (Å²) in [4.78, 5) is 14.2. The van der Waals surface area contributed by atoms with Crippen LogP contribution < -0.4 is 11.1 Å². The van der Waals surface area contributed by atoms with Crippen LogP contribution in [-0.2, 0) is 4.79 Å². The van der Waals surface area contributed by atoms with E-state index in [0.29, 0.717) is 12.0 Å². The van der Waals surface area contributed by atoms with Gasteiger partial charge in [-0.15, -0.1) is 0 Å². The molecular weight excluding hydrogens is 262 g/mol. The highest BCUT2D eigenvalue weighted by Crippen LogP contribution is 2.16. The summed E-state index contributed by atoms with van der Waals surface area (Å²) in [5.74, 6) is 0.435. The Labute approximate surface area is 131 Å². The van der Waals surface area contributed by atoms with Gasteiger partial charge >= 0.3 is 0 Å². The largest absolute Gasteiger partial charge is 0.368 e. The van der Waals surface area contributed by atoms with Gasteiger partial charge in [0.25, 0.3) is 0 Å². The molecule has 0 aromatic carbocycles. The zero-order valence-corrected chi connectivity index (χ0v) is 15.2. The monoisotopic (exact) mass is 299 g/mol. The average Bonchev–Trinajstić information content (AvgIpc) is 2.31. The zero-order valence-electron chi connectivity index (χ0n) is 15.2. The molecule has 0 rings (SSSR count). The predicted octanol–water partition coefficient (Wildman–Crippen LogP) is 2.77. The second-order valence-corrected chi connectivity index (χ2v) is 7.44. The number of nitrogens with one attached hydrogen (secondary N) is 1. The Kier molecular flexibility index (Phi) is 9.14. The molecule has 0 aliphatic heterocycles. The van der Waals surface area contributed by atoms with Crippen molar-refractivity contribution in [2.75, 3.05) is 13.1 Å². The van der Waals surface area contributed by atoms with E-state index < -0.39 is 5.54 Å². The fourth-order valence-electron chi connectivity index (χ4n) is 2.73. The number of amides is 1. The van der Waals surface area contributed by atoms with Crippen LogP contribution >= 0.6 is 0 Å². The van der Waals surface area contributed by atoms with E-state index in [1.165, 1.54) is 0 Å². The molecule has 0 heterocycles. The molecule has 0 aliphatic rings. The van der Waals surface area contributed by atoms with Crippen molar-refractivity contribution in [1.29, 1.82) is 0 Å². The lowest BCUT2D eigenvalue weighted by atomic mass is 9.93. The summed E-state index contributed by atoms with van der Waals surface area (Å²) in [6.07, 6.45) is 2.92. The van der Waals surface area contributed by atoms with Crippen LogP contribution in [0.3, 0.4) is 0 Å². The molecular formula is C17H37N3O. The second-order valence-electron chi connectivity index (χ2n) is 7.44. The highest BCUT2D eigenvalue weighted by molar-refractivity contribution is 5.84. The van der Waals surface area contributed by atoms with Crippen molar-refractivity contribution in [3.05, 3.63) is 0 Å². The van der Waals surface area contributed by atoms with Crippen LogP contribution in [0.25, 0.3) is 0 Å². The molecule has 0 fully saturated rings. The molecule has 0 aromatic heterocycles. The summed E-state index contributed by atoms with van der Waals surface area (Å²) in [5, 5.41) is 3.31. The summed E-state index contributed by atoms with van der Waals surface area (Å²) in [5.41, 5.74) is 4.98. The quantitative estimate of drug-likeness (QED) is 0.577. The topological polar surface area (TPSA) is 58.4 Å². The van der Waals surface area contributed by atoms with Crippen LogP contribution in [0.1, 0.15) is 67.7 Å². The minimum atomic E-state index is -0.588. The number of rotatable bonds is 11. The maximum absolute atomic E-state index is 11.7. The highest BCUT2D eigenvalue weighted by Gasteiger charge is 2.30. The van der Waals surface area contributed by atoms with Gasteiger partial charge in [0.15, 0.2) is 0 Å². The Bertz CT molecular complexity index is 302. The van der Waals surface area contributed by atoms with Crippen molar-refractivity contribution in [3.8, 4) is 0 Å². The van der Waals surface area contributed by atoms with Crippen molar-refractivity contribution in [1.82, 2.24) is 10.2 Å². The Morgan fingerprint density at radius 1 is 1.14 bits per heavy atom. The fraction of sp³-hybridized carbons (Fsp3) is 0.941. The van der Waals surface area contributed by atoms with Gasteiger partial charge in [-0.25, -0.2) is 0 Å². The van der Waals surface area contributed by atoms with Crippen molar-refractivity contribution < 1.29 is 4.79 Å². The molecule has 1 atom stereocenters. The first kappa shape index (κ1) is 20.4. The Morgan fingerprint density at radius 3 is 2.10 bits per heavy atom. The minimum Gasteiger partial charge on any atom is -0.368 e. The fourth-order valence-corrected chi connectivity index (χ4v) is 2.73. The Balaban J connectivity index is 4.28. The number of hydrogen-bond acceptors (Lipinski definition) is 3. The molecule has 0 aliphatic carbocycles. The molecule has 126 valence electrons. The average molecular weight is 300 g/mol. The first-order chi connectivity index (χ1) is 9.58. The normalized spacial score (nSPS) is 15.2. The lowest BCUT2D eigenvalue weighted by Crippen LogP contribution is -2.55. The lowest BCUT2D eigenvalue weighted by Gasteiger charge is -2.31. The predicted molar refractivity (Wildman–Crippen MR) is 91.3 cm³/mol. The number of nitrogens with two attached hydrogens (primary N) is 1. The smallest absolute Gasteiger partial charge is 0.237 e. The number of nitrogens with zero attached hydrogens (tertiary/aromatic N) is 1. The third kappa shape index (κ3) is 8.42. The highest BCUT2D eigenvalue weighted by atomic mass is 16.1. The summed E-state index contributed by atoms with van der Waals surface area (Å²) in [6, 6.07) is 0.833. The lowest BCUT2D eigenvalue weighted by molar-refractivity contribution is -0.124. The van der Waals surface area contributed by atoms with Gasteiger partial charge in [0.05, 0.1) is 5.54 Å². The number of hydrogen-bond donors (Lipinski definition) is 2. The number of unbranched alkanes of at least 4 members (excludes halogenated alkanes) is 1. The number of primary amides is 1. The molecule has 4 heteroatoms. The van der Waals surface area contributed by atoms with Crippen LogP contribution in [0.4, 0.5) is 0 Å². The van der Waals surface area contributed by atoms with Crippen LogP contribution in [0.2, 0.25) is 0 Å². The van der Waals surface area contributed by atoms with Gasteiger partial charge in [0.1, 0.15) is 0 Å². The van der Waals surface area contributed by atoms with Crippen LogP contribution in [0.15, 0.2) is 0 Å². The van der Waals surface area contributed by atoms with E-state index in [2.05, 4.69) is 37.9 Å². The third-order valence-electron chi connectivity index (χ3n) is 3.85. The van der Waals surface area contributed by atoms with Gasteiger partial charge in [0.2, 0.25) is 5.91 Å². The van der Waals surface area contributed by atoms with Crippen molar-refractivity contribution in [2.45, 2.75) is 85.4 Å².